The van der Waals surface area contributed by atoms with Crippen molar-refractivity contribution in [3.63, 3.8) is 0 Å². The van der Waals surface area contributed by atoms with Crippen molar-refractivity contribution < 1.29 is 4.79 Å². The number of hydrogen-bond donors (Lipinski definition) is 1. The molecule has 0 unspecified atom stereocenters. The Hall–Kier alpha value is -2.19. The second-order valence-electron chi connectivity index (χ2n) is 4.07. The molecule has 0 atom stereocenters. The zero-order valence-corrected chi connectivity index (χ0v) is 12.1. The molecule has 0 radical (unpaired) electrons. The predicted octanol–water partition coefficient (Wildman–Crippen LogP) is 1.44. The largest absolute Gasteiger partial charge is 0.293 e. The third-order valence-electron chi connectivity index (χ3n) is 2.64. The normalized spacial score (nSPS) is 10.9. The highest BCUT2D eigenvalue weighted by atomic mass is 35.5. The summed E-state index contributed by atoms with van der Waals surface area (Å²) in [6.45, 7) is 0. The minimum atomic E-state index is -0.358. The lowest BCUT2D eigenvalue weighted by Crippen LogP contribution is -2.10. The van der Waals surface area contributed by atoms with Crippen LogP contribution in [-0.4, -0.2) is 36.3 Å². The van der Waals surface area contributed by atoms with Crippen LogP contribution in [0.2, 0.25) is 5.02 Å². The van der Waals surface area contributed by atoms with Gasteiger partial charge in [-0.3, -0.25) is 14.6 Å². The molecule has 9 heteroatoms. The number of nitrogens with one attached hydrogen (secondary N) is 1. The van der Waals surface area contributed by atoms with E-state index in [0.29, 0.717) is 15.7 Å². The van der Waals surface area contributed by atoms with Crippen LogP contribution in [-0.2, 0) is 0 Å². The zero-order valence-electron chi connectivity index (χ0n) is 10.5. The third-order valence-corrected chi connectivity index (χ3v) is 3.81. The first-order valence-electron chi connectivity index (χ1n) is 5.86. The lowest BCUT2D eigenvalue weighted by molar-refractivity contribution is 0.102. The number of halogens is 1. The molecule has 0 saturated carbocycles. The van der Waals surface area contributed by atoms with Crippen LogP contribution in [0.3, 0.4) is 0 Å². The van der Waals surface area contributed by atoms with Crippen molar-refractivity contribution in [1.82, 2.24) is 24.8 Å². The quantitative estimate of drug-likeness (QED) is 0.577. The maximum Gasteiger partial charge on any atom is 0.271 e. The number of ketones is 1. The smallest absolute Gasteiger partial charge is 0.271 e. The van der Waals surface area contributed by atoms with E-state index in [1.165, 1.54) is 16.3 Å². The van der Waals surface area contributed by atoms with Crippen LogP contribution >= 0.6 is 23.4 Å². The summed E-state index contributed by atoms with van der Waals surface area (Å²) >= 11 is 6.97. The second-order valence-corrected chi connectivity index (χ2v) is 5.45. The van der Waals surface area contributed by atoms with Crippen molar-refractivity contribution in [3.05, 3.63) is 51.4 Å². The van der Waals surface area contributed by atoms with Crippen LogP contribution in [0.5, 0.6) is 0 Å². The van der Waals surface area contributed by atoms with E-state index in [4.69, 9.17) is 11.6 Å². The van der Waals surface area contributed by atoms with Crippen LogP contribution in [0.15, 0.2) is 40.4 Å². The van der Waals surface area contributed by atoms with Gasteiger partial charge in [-0.25, -0.2) is 0 Å². The summed E-state index contributed by atoms with van der Waals surface area (Å²) in [5, 5.41) is 12.6. The Morgan fingerprint density at radius 3 is 2.81 bits per heavy atom. The average molecular weight is 322 g/mol. The maximum atomic E-state index is 12.0. The highest BCUT2D eigenvalue weighted by Gasteiger charge is 2.12. The Kier molecular flexibility index (Phi) is 3.72. The Bertz CT molecular complexity index is 858. The molecule has 7 nitrogen and oxygen atoms in total. The fourth-order valence-corrected chi connectivity index (χ4v) is 2.55. The van der Waals surface area contributed by atoms with E-state index < -0.39 is 0 Å². The van der Waals surface area contributed by atoms with E-state index in [1.54, 1.807) is 24.3 Å². The molecule has 0 aliphatic rings. The highest BCUT2D eigenvalue weighted by Crippen LogP contribution is 2.17. The SMILES string of the molecule is O=C(CSc1nnc2[nH]c(=O)cnn12)c1ccc(Cl)cc1. The first-order chi connectivity index (χ1) is 10.1. The molecule has 0 fully saturated rings. The van der Waals surface area contributed by atoms with Crippen molar-refractivity contribution in [1.29, 1.82) is 0 Å². The molecule has 0 bridgehead atoms. The summed E-state index contributed by atoms with van der Waals surface area (Å²) in [5.41, 5.74) is 0.214. The fourth-order valence-electron chi connectivity index (χ4n) is 1.64. The summed E-state index contributed by atoms with van der Waals surface area (Å²) in [6, 6.07) is 6.67. The van der Waals surface area contributed by atoms with Gasteiger partial charge in [-0.2, -0.15) is 9.61 Å². The molecular weight excluding hydrogens is 314 g/mol. The van der Waals surface area contributed by atoms with Gasteiger partial charge in [0.15, 0.2) is 5.78 Å². The first-order valence-corrected chi connectivity index (χ1v) is 7.22. The van der Waals surface area contributed by atoms with Gasteiger partial charge in [-0.05, 0) is 24.3 Å². The molecule has 1 aromatic carbocycles. The fraction of sp³-hybridized carbons (Fsp3) is 0.0833. The second kappa shape index (κ2) is 5.66. The molecule has 0 aliphatic carbocycles. The van der Waals surface area contributed by atoms with Gasteiger partial charge in [-0.15, -0.1) is 10.2 Å². The number of rotatable bonds is 4. The zero-order chi connectivity index (χ0) is 14.8. The standard InChI is InChI=1S/C12H8ClN5O2S/c13-8-3-1-7(2-4-8)9(19)6-21-12-17-16-11-15-10(20)5-14-18(11)12/h1-5H,6H2,(H,15,16,20). The Morgan fingerprint density at radius 2 is 2.05 bits per heavy atom. The number of carbonyl (C=O) groups excluding carboxylic acids is 1. The van der Waals surface area contributed by atoms with E-state index in [-0.39, 0.29) is 22.9 Å². The number of thioether (sulfide) groups is 1. The number of carbonyl (C=O) groups is 1. The van der Waals surface area contributed by atoms with Gasteiger partial charge in [-0.1, -0.05) is 23.4 Å². The number of Topliss-reactive ketones (excluding diaryl/α,β-unsaturated/α-hetero) is 1. The van der Waals surface area contributed by atoms with Crippen molar-refractivity contribution in [2.24, 2.45) is 0 Å². The number of hydrogen-bond acceptors (Lipinski definition) is 6. The summed E-state index contributed by atoms with van der Waals surface area (Å²) in [5.74, 6) is 0.366. The molecule has 0 amide bonds. The van der Waals surface area contributed by atoms with E-state index in [1.807, 2.05) is 0 Å². The molecule has 2 aromatic heterocycles. The molecular formula is C12H8ClN5O2S. The maximum absolute atomic E-state index is 12.0. The number of aromatic nitrogens is 5. The molecule has 3 aromatic rings. The van der Waals surface area contributed by atoms with Crippen LogP contribution in [0.25, 0.3) is 5.78 Å². The number of aromatic amines is 1. The van der Waals surface area contributed by atoms with Gasteiger partial charge in [0.05, 0.1) is 5.75 Å². The van der Waals surface area contributed by atoms with Gasteiger partial charge >= 0.3 is 0 Å². The molecule has 0 saturated heterocycles. The first kappa shape index (κ1) is 13.8. The number of benzene rings is 1. The van der Waals surface area contributed by atoms with Gasteiger partial charge in [0.2, 0.25) is 5.16 Å². The topological polar surface area (TPSA) is 93.0 Å². The van der Waals surface area contributed by atoms with E-state index in [0.717, 1.165) is 6.20 Å². The van der Waals surface area contributed by atoms with Crippen LogP contribution in [0, 0.1) is 0 Å². The molecule has 0 aliphatic heterocycles. The van der Waals surface area contributed by atoms with Crippen LogP contribution in [0.4, 0.5) is 0 Å². The predicted molar refractivity (Wildman–Crippen MR) is 77.9 cm³/mol. The number of fused-ring (bicyclic) bond motifs is 1. The average Bonchev–Trinajstić information content (AvgIpc) is 2.87. The molecule has 106 valence electrons. The van der Waals surface area contributed by atoms with Crippen molar-refractivity contribution >= 4 is 34.9 Å². The highest BCUT2D eigenvalue weighted by molar-refractivity contribution is 7.99. The molecule has 2 heterocycles. The lowest BCUT2D eigenvalue weighted by Gasteiger charge is -2.00. The van der Waals surface area contributed by atoms with Crippen LogP contribution in [0.1, 0.15) is 10.4 Å². The number of H-pyrrole nitrogens is 1. The Morgan fingerprint density at radius 1 is 1.29 bits per heavy atom. The third kappa shape index (κ3) is 2.96. The van der Waals surface area contributed by atoms with E-state index in [9.17, 15) is 9.59 Å². The van der Waals surface area contributed by atoms with E-state index in [2.05, 4.69) is 20.3 Å². The minimum Gasteiger partial charge on any atom is -0.293 e. The van der Waals surface area contributed by atoms with Gasteiger partial charge in [0.1, 0.15) is 6.20 Å². The Balaban J connectivity index is 1.75. The number of nitrogens with zero attached hydrogens (tertiary/aromatic N) is 4. The summed E-state index contributed by atoms with van der Waals surface area (Å²) in [6.07, 6.45) is 1.13. The lowest BCUT2D eigenvalue weighted by atomic mass is 10.1. The van der Waals surface area contributed by atoms with Gasteiger partial charge in [0.25, 0.3) is 11.3 Å². The minimum absolute atomic E-state index is 0.0576. The molecule has 3 rings (SSSR count). The monoisotopic (exact) mass is 321 g/mol. The van der Waals surface area contributed by atoms with Crippen LogP contribution < -0.4 is 5.56 Å². The van der Waals surface area contributed by atoms with Crippen molar-refractivity contribution in [2.75, 3.05) is 5.75 Å². The van der Waals surface area contributed by atoms with Gasteiger partial charge < -0.3 is 0 Å². The molecule has 21 heavy (non-hydrogen) atoms. The molecule has 0 spiro atoms. The molecule has 1 N–H and O–H groups in total. The Labute approximate surface area is 127 Å². The van der Waals surface area contributed by atoms with Crippen molar-refractivity contribution in [3.8, 4) is 0 Å². The van der Waals surface area contributed by atoms with Gasteiger partial charge in [0, 0.05) is 10.6 Å². The van der Waals surface area contributed by atoms with E-state index >= 15 is 0 Å². The summed E-state index contributed by atoms with van der Waals surface area (Å²) in [4.78, 5) is 25.6. The summed E-state index contributed by atoms with van der Waals surface area (Å²) in [7, 11) is 0. The van der Waals surface area contributed by atoms with Crippen molar-refractivity contribution in [2.45, 2.75) is 5.16 Å². The summed E-state index contributed by atoms with van der Waals surface area (Å²) < 4.78 is 1.38.